The molecule has 2 aliphatic rings. The van der Waals surface area contributed by atoms with Crippen molar-refractivity contribution in [3.05, 3.63) is 34.9 Å². The molecule has 3 heteroatoms. The topological polar surface area (TPSA) is 38.8 Å². The fraction of sp³-hybridized carbons (Fsp3) is 0.462. The van der Waals surface area contributed by atoms with Crippen molar-refractivity contribution in [2.24, 2.45) is 0 Å². The Balaban J connectivity index is 1.99. The van der Waals surface area contributed by atoms with Crippen LogP contribution in [-0.2, 0) is 26.3 Å². The molecule has 0 saturated carbocycles. The minimum atomic E-state index is -0.388. The standard InChI is InChI=1S/C13H14O3/c1-8-3-4-9-5-6-13(10(9)7-8)11(16-13)12(14)15-2/h3-4,7,11H,5-6H2,1-2H3. The van der Waals surface area contributed by atoms with Crippen LogP contribution in [0.4, 0.5) is 0 Å². The SMILES string of the molecule is COC(=O)C1OC12CCc1ccc(C)cc12. The molecule has 1 aliphatic carbocycles. The summed E-state index contributed by atoms with van der Waals surface area (Å²) in [5.41, 5.74) is 3.33. The van der Waals surface area contributed by atoms with Crippen LogP contribution in [0.5, 0.6) is 0 Å². The summed E-state index contributed by atoms with van der Waals surface area (Å²) in [5, 5.41) is 0. The molecule has 1 aromatic rings. The van der Waals surface area contributed by atoms with Gasteiger partial charge in [-0.15, -0.1) is 0 Å². The van der Waals surface area contributed by atoms with Crippen LogP contribution in [0.1, 0.15) is 23.1 Å². The summed E-state index contributed by atoms with van der Waals surface area (Å²) in [6.45, 7) is 2.06. The maximum absolute atomic E-state index is 11.5. The van der Waals surface area contributed by atoms with Crippen LogP contribution in [-0.4, -0.2) is 19.2 Å². The molecule has 0 aromatic heterocycles. The van der Waals surface area contributed by atoms with Gasteiger partial charge >= 0.3 is 5.97 Å². The second-order valence-electron chi connectivity index (χ2n) is 4.57. The van der Waals surface area contributed by atoms with Crippen molar-refractivity contribution in [1.82, 2.24) is 0 Å². The van der Waals surface area contributed by atoms with Crippen molar-refractivity contribution in [3.8, 4) is 0 Å². The number of epoxide rings is 1. The lowest BCUT2D eigenvalue weighted by molar-refractivity contribution is -0.142. The molecule has 0 N–H and O–H groups in total. The lowest BCUT2D eigenvalue weighted by Gasteiger charge is -2.06. The van der Waals surface area contributed by atoms with Gasteiger partial charge < -0.3 is 9.47 Å². The number of hydrogen-bond donors (Lipinski definition) is 0. The summed E-state index contributed by atoms with van der Waals surface area (Å²) >= 11 is 0. The average molecular weight is 218 g/mol. The number of carbonyl (C=O) groups excluding carboxylic acids is 1. The second-order valence-corrected chi connectivity index (χ2v) is 4.57. The van der Waals surface area contributed by atoms with Crippen LogP contribution in [0.25, 0.3) is 0 Å². The van der Waals surface area contributed by atoms with E-state index in [0.717, 1.165) is 12.8 Å². The van der Waals surface area contributed by atoms with Gasteiger partial charge in [0.2, 0.25) is 0 Å². The Kier molecular flexibility index (Phi) is 1.89. The molecule has 1 fully saturated rings. The number of carbonyl (C=O) groups is 1. The van der Waals surface area contributed by atoms with E-state index < -0.39 is 0 Å². The van der Waals surface area contributed by atoms with Gasteiger partial charge in [0, 0.05) is 0 Å². The predicted octanol–water partition coefficient (Wildman–Crippen LogP) is 1.71. The largest absolute Gasteiger partial charge is 0.467 e. The first-order valence-corrected chi connectivity index (χ1v) is 5.53. The summed E-state index contributed by atoms with van der Waals surface area (Å²) in [5.74, 6) is -0.255. The molecule has 2 atom stereocenters. The molecule has 84 valence electrons. The first-order valence-electron chi connectivity index (χ1n) is 5.53. The van der Waals surface area contributed by atoms with Crippen LogP contribution in [0.15, 0.2) is 18.2 Å². The monoisotopic (exact) mass is 218 g/mol. The van der Waals surface area contributed by atoms with Crippen molar-refractivity contribution in [3.63, 3.8) is 0 Å². The Morgan fingerprint density at radius 1 is 1.56 bits per heavy atom. The lowest BCUT2D eigenvalue weighted by Crippen LogP contribution is -2.18. The van der Waals surface area contributed by atoms with Gasteiger partial charge in [-0.1, -0.05) is 23.8 Å². The van der Waals surface area contributed by atoms with Crippen molar-refractivity contribution < 1.29 is 14.3 Å². The molecule has 1 spiro atoms. The zero-order valence-corrected chi connectivity index (χ0v) is 9.45. The van der Waals surface area contributed by atoms with Gasteiger partial charge in [-0.3, -0.25) is 0 Å². The Bertz CT molecular complexity index is 466. The van der Waals surface area contributed by atoms with Gasteiger partial charge in [0.05, 0.1) is 7.11 Å². The third-order valence-corrected chi connectivity index (χ3v) is 3.60. The first kappa shape index (κ1) is 9.85. The smallest absolute Gasteiger partial charge is 0.338 e. The Morgan fingerprint density at radius 2 is 2.38 bits per heavy atom. The molecule has 0 amide bonds. The van der Waals surface area contributed by atoms with E-state index in [1.807, 2.05) is 0 Å². The van der Waals surface area contributed by atoms with Gasteiger partial charge in [-0.2, -0.15) is 0 Å². The highest BCUT2D eigenvalue weighted by Crippen LogP contribution is 2.55. The zero-order chi connectivity index (χ0) is 11.3. The Labute approximate surface area is 94.4 Å². The Morgan fingerprint density at radius 3 is 3.12 bits per heavy atom. The maximum atomic E-state index is 11.5. The van der Waals surface area contributed by atoms with Gasteiger partial charge in [0.1, 0.15) is 5.60 Å². The average Bonchev–Trinajstić information content (AvgIpc) is 2.91. The maximum Gasteiger partial charge on any atom is 0.338 e. The van der Waals surface area contributed by atoms with E-state index >= 15 is 0 Å². The normalized spacial score (nSPS) is 30.2. The van der Waals surface area contributed by atoms with Gasteiger partial charge in [0.25, 0.3) is 0 Å². The summed E-state index contributed by atoms with van der Waals surface area (Å²) in [6, 6.07) is 6.37. The van der Waals surface area contributed by atoms with E-state index in [4.69, 9.17) is 9.47 Å². The van der Waals surface area contributed by atoms with E-state index in [0.29, 0.717) is 0 Å². The second kappa shape index (κ2) is 3.08. The number of benzene rings is 1. The van der Waals surface area contributed by atoms with E-state index in [-0.39, 0.29) is 17.7 Å². The number of esters is 1. The number of aryl methyl sites for hydroxylation is 2. The van der Waals surface area contributed by atoms with E-state index in [2.05, 4.69) is 25.1 Å². The van der Waals surface area contributed by atoms with Crippen LogP contribution >= 0.6 is 0 Å². The van der Waals surface area contributed by atoms with Crippen molar-refractivity contribution >= 4 is 5.97 Å². The van der Waals surface area contributed by atoms with Gasteiger partial charge in [-0.05, 0) is 30.9 Å². The molecule has 3 nitrogen and oxygen atoms in total. The fourth-order valence-corrected chi connectivity index (χ4v) is 2.67. The summed E-state index contributed by atoms with van der Waals surface area (Å²) in [4.78, 5) is 11.5. The number of fused-ring (bicyclic) bond motifs is 2. The molecule has 1 aromatic carbocycles. The minimum absolute atomic E-state index is 0.255. The molecule has 0 bridgehead atoms. The lowest BCUT2D eigenvalue weighted by atomic mass is 9.96. The molecule has 1 heterocycles. The van der Waals surface area contributed by atoms with Crippen LogP contribution in [0.2, 0.25) is 0 Å². The summed E-state index contributed by atoms with van der Waals surface area (Å²) < 4.78 is 10.4. The quantitative estimate of drug-likeness (QED) is 0.532. The first-order chi connectivity index (χ1) is 7.67. The molecule has 1 saturated heterocycles. The number of rotatable bonds is 1. The molecule has 0 radical (unpaired) electrons. The minimum Gasteiger partial charge on any atom is -0.467 e. The van der Waals surface area contributed by atoms with Crippen molar-refractivity contribution in [2.75, 3.05) is 7.11 Å². The fourth-order valence-electron chi connectivity index (χ4n) is 2.67. The molecule has 16 heavy (non-hydrogen) atoms. The van der Waals surface area contributed by atoms with Crippen LogP contribution in [0.3, 0.4) is 0 Å². The van der Waals surface area contributed by atoms with E-state index in [9.17, 15) is 4.79 Å². The summed E-state index contributed by atoms with van der Waals surface area (Å²) in [7, 11) is 1.41. The van der Waals surface area contributed by atoms with Crippen LogP contribution in [0, 0.1) is 6.92 Å². The van der Waals surface area contributed by atoms with E-state index in [1.165, 1.54) is 23.8 Å². The molecular formula is C13H14O3. The van der Waals surface area contributed by atoms with Gasteiger partial charge in [0.15, 0.2) is 6.10 Å². The van der Waals surface area contributed by atoms with E-state index in [1.54, 1.807) is 0 Å². The molecule has 3 rings (SSSR count). The number of methoxy groups -OCH3 is 1. The van der Waals surface area contributed by atoms with Crippen LogP contribution < -0.4 is 0 Å². The zero-order valence-electron chi connectivity index (χ0n) is 9.45. The highest BCUT2D eigenvalue weighted by atomic mass is 16.7. The molecule has 1 aliphatic heterocycles. The third-order valence-electron chi connectivity index (χ3n) is 3.60. The highest BCUT2D eigenvalue weighted by molar-refractivity contribution is 5.80. The molecular weight excluding hydrogens is 204 g/mol. The van der Waals surface area contributed by atoms with Gasteiger partial charge in [-0.25, -0.2) is 4.79 Å². The molecule has 2 unspecified atom stereocenters. The van der Waals surface area contributed by atoms with Crippen molar-refractivity contribution in [1.29, 1.82) is 0 Å². The third kappa shape index (κ3) is 1.15. The highest BCUT2D eigenvalue weighted by Gasteiger charge is 2.64. The number of hydrogen-bond acceptors (Lipinski definition) is 3. The Hall–Kier alpha value is -1.35. The summed E-state index contributed by atoms with van der Waals surface area (Å²) in [6.07, 6.45) is 1.50. The van der Waals surface area contributed by atoms with Crippen molar-refractivity contribution in [2.45, 2.75) is 31.5 Å². The number of ether oxygens (including phenoxy) is 2. The predicted molar refractivity (Wildman–Crippen MR) is 58.1 cm³/mol.